The molecule has 28 heavy (non-hydrogen) atoms. The standard InChI is InChI=1S/C21H32N4O3/c1-16(2)5-7-22-21(27)23-20(26)15-25-10-8-24(9-11-25)14-17-3-4-19-18(13-17)6-12-28-19/h3-4,13,16H,5-12,14-15H2,1-2H3,(H2,22,23,26,27)/p+2. The second-order valence-electron chi connectivity index (χ2n) is 8.38. The Morgan fingerprint density at radius 1 is 1.14 bits per heavy atom. The fourth-order valence-electron chi connectivity index (χ4n) is 3.87. The molecule has 0 radical (unpaired) electrons. The van der Waals surface area contributed by atoms with Crippen molar-refractivity contribution in [3.05, 3.63) is 29.3 Å². The second-order valence-corrected chi connectivity index (χ2v) is 8.38. The van der Waals surface area contributed by atoms with Crippen molar-refractivity contribution in [2.24, 2.45) is 5.92 Å². The van der Waals surface area contributed by atoms with Crippen molar-refractivity contribution in [1.29, 1.82) is 0 Å². The van der Waals surface area contributed by atoms with Crippen LogP contribution in [0.1, 0.15) is 31.4 Å². The minimum atomic E-state index is -0.380. The van der Waals surface area contributed by atoms with E-state index in [1.54, 1.807) is 4.90 Å². The molecule has 2 aliphatic heterocycles. The highest BCUT2D eigenvalue weighted by molar-refractivity contribution is 5.94. The van der Waals surface area contributed by atoms with Gasteiger partial charge < -0.3 is 19.9 Å². The van der Waals surface area contributed by atoms with E-state index in [1.807, 2.05) is 0 Å². The van der Waals surface area contributed by atoms with Crippen LogP contribution < -0.4 is 25.2 Å². The first-order chi connectivity index (χ1) is 13.5. The Morgan fingerprint density at radius 2 is 1.89 bits per heavy atom. The zero-order valence-electron chi connectivity index (χ0n) is 17.1. The molecule has 0 aromatic heterocycles. The number of piperazine rings is 1. The molecule has 154 valence electrons. The third kappa shape index (κ3) is 6.21. The number of imide groups is 1. The smallest absolute Gasteiger partial charge is 0.321 e. The van der Waals surface area contributed by atoms with Crippen molar-refractivity contribution < 1.29 is 24.1 Å². The third-order valence-electron chi connectivity index (χ3n) is 5.54. The number of hydrogen-bond donors (Lipinski definition) is 4. The maximum atomic E-state index is 12.1. The van der Waals surface area contributed by atoms with Gasteiger partial charge in [-0.25, -0.2) is 4.79 Å². The molecular weight excluding hydrogens is 356 g/mol. The molecule has 0 atom stereocenters. The molecule has 1 aromatic carbocycles. The summed E-state index contributed by atoms with van der Waals surface area (Å²) in [7, 11) is 0. The summed E-state index contributed by atoms with van der Waals surface area (Å²) in [4.78, 5) is 26.6. The first kappa shape index (κ1) is 20.6. The summed E-state index contributed by atoms with van der Waals surface area (Å²) in [6, 6.07) is 6.16. The zero-order chi connectivity index (χ0) is 19.9. The third-order valence-corrected chi connectivity index (χ3v) is 5.54. The van der Waals surface area contributed by atoms with E-state index in [1.165, 1.54) is 16.0 Å². The van der Waals surface area contributed by atoms with Gasteiger partial charge in [-0.15, -0.1) is 0 Å². The average Bonchev–Trinajstić information content (AvgIpc) is 3.10. The number of fused-ring (bicyclic) bond motifs is 1. The maximum absolute atomic E-state index is 12.1. The van der Waals surface area contributed by atoms with E-state index in [0.29, 0.717) is 19.0 Å². The molecule has 1 saturated heterocycles. The fourth-order valence-corrected chi connectivity index (χ4v) is 3.87. The number of nitrogens with one attached hydrogen (secondary N) is 4. The van der Waals surface area contributed by atoms with E-state index in [0.717, 1.165) is 57.9 Å². The predicted octanol–water partition coefficient (Wildman–Crippen LogP) is -1.22. The van der Waals surface area contributed by atoms with E-state index in [9.17, 15) is 9.59 Å². The molecule has 4 N–H and O–H groups in total. The highest BCUT2D eigenvalue weighted by Gasteiger charge is 2.25. The van der Waals surface area contributed by atoms with Gasteiger partial charge in [0.1, 0.15) is 38.5 Å². The van der Waals surface area contributed by atoms with Gasteiger partial charge in [0.15, 0.2) is 6.54 Å². The van der Waals surface area contributed by atoms with E-state index in [4.69, 9.17) is 4.74 Å². The molecule has 7 nitrogen and oxygen atoms in total. The summed E-state index contributed by atoms with van der Waals surface area (Å²) in [6.45, 7) is 11.0. The van der Waals surface area contributed by atoms with Crippen LogP contribution in [-0.4, -0.2) is 57.8 Å². The van der Waals surface area contributed by atoms with Gasteiger partial charge in [-0.3, -0.25) is 10.1 Å². The van der Waals surface area contributed by atoms with Gasteiger partial charge in [0.2, 0.25) is 0 Å². The topological polar surface area (TPSA) is 76.3 Å². The summed E-state index contributed by atoms with van der Waals surface area (Å²) in [5.41, 5.74) is 2.68. The molecular formula is C21H34N4O3+2. The Bertz CT molecular complexity index is 684. The van der Waals surface area contributed by atoms with Crippen LogP contribution in [-0.2, 0) is 17.8 Å². The van der Waals surface area contributed by atoms with Crippen LogP contribution in [0.15, 0.2) is 18.2 Å². The van der Waals surface area contributed by atoms with Gasteiger partial charge in [-0.05, 0) is 36.1 Å². The van der Waals surface area contributed by atoms with Gasteiger partial charge >= 0.3 is 6.03 Å². The largest absolute Gasteiger partial charge is 0.493 e. The summed E-state index contributed by atoms with van der Waals surface area (Å²) in [5, 5.41) is 5.19. The SMILES string of the molecule is CC(C)CCNC(=O)NC(=O)C[NH+]1CC[NH+](Cc2ccc3c(c2)CCO3)CC1. The maximum Gasteiger partial charge on any atom is 0.321 e. The number of carbonyl (C=O) groups is 2. The Balaban J connectivity index is 1.34. The molecule has 7 heteroatoms. The lowest BCUT2D eigenvalue weighted by molar-refractivity contribution is -1.02. The van der Waals surface area contributed by atoms with E-state index in [-0.39, 0.29) is 11.9 Å². The quantitative estimate of drug-likeness (QED) is 0.471. The monoisotopic (exact) mass is 390 g/mol. The zero-order valence-corrected chi connectivity index (χ0v) is 17.1. The number of carbonyl (C=O) groups excluding carboxylic acids is 2. The molecule has 2 aliphatic rings. The lowest BCUT2D eigenvalue weighted by Crippen LogP contribution is -3.28. The molecule has 0 aliphatic carbocycles. The molecule has 0 saturated carbocycles. The Hall–Kier alpha value is -2.12. The highest BCUT2D eigenvalue weighted by atomic mass is 16.5. The molecule has 1 fully saturated rings. The number of benzene rings is 1. The normalized spacial score (nSPS) is 21.1. The van der Waals surface area contributed by atoms with Gasteiger partial charge in [0, 0.05) is 18.5 Å². The first-order valence-electron chi connectivity index (χ1n) is 10.5. The van der Waals surface area contributed by atoms with Crippen LogP contribution in [0.5, 0.6) is 5.75 Å². The van der Waals surface area contributed by atoms with Crippen LogP contribution >= 0.6 is 0 Å². The summed E-state index contributed by atoms with van der Waals surface area (Å²) in [5.74, 6) is 1.37. The van der Waals surface area contributed by atoms with Crippen molar-refractivity contribution in [1.82, 2.24) is 10.6 Å². The van der Waals surface area contributed by atoms with Crippen LogP contribution in [0.25, 0.3) is 0 Å². The van der Waals surface area contributed by atoms with Crippen LogP contribution in [0.4, 0.5) is 4.79 Å². The van der Waals surface area contributed by atoms with Crippen molar-refractivity contribution in [2.45, 2.75) is 33.2 Å². The molecule has 0 unspecified atom stereocenters. The number of quaternary nitrogens is 2. The minimum absolute atomic E-state index is 0.195. The average molecular weight is 391 g/mol. The van der Waals surface area contributed by atoms with Gasteiger partial charge in [-0.1, -0.05) is 13.8 Å². The molecule has 3 amide bonds. The summed E-state index contributed by atoms with van der Waals surface area (Å²) < 4.78 is 5.58. The molecule has 1 aromatic rings. The van der Waals surface area contributed by atoms with Crippen LogP contribution in [0.2, 0.25) is 0 Å². The van der Waals surface area contributed by atoms with Gasteiger partial charge in [-0.2, -0.15) is 0 Å². The first-order valence-corrected chi connectivity index (χ1v) is 10.5. The number of urea groups is 1. The Labute approximate surface area is 167 Å². The lowest BCUT2D eigenvalue weighted by atomic mass is 10.1. The van der Waals surface area contributed by atoms with Gasteiger partial charge in [0.05, 0.1) is 6.61 Å². The van der Waals surface area contributed by atoms with Crippen molar-refractivity contribution >= 4 is 11.9 Å². The number of ether oxygens (including phenoxy) is 1. The summed E-state index contributed by atoms with van der Waals surface area (Å²) in [6.07, 6.45) is 1.92. The molecule has 0 spiro atoms. The number of rotatable bonds is 7. The van der Waals surface area contributed by atoms with Crippen LogP contribution in [0, 0.1) is 5.92 Å². The Kier molecular flexibility index (Phi) is 7.28. The van der Waals surface area contributed by atoms with E-state index < -0.39 is 0 Å². The lowest BCUT2D eigenvalue weighted by Gasteiger charge is -2.29. The van der Waals surface area contributed by atoms with Crippen molar-refractivity contribution in [3.63, 3.8) is 0 Å². The minimum Gasteiger partial charge on any atom is -0.493 e. The highest BCUT2D eigenvalue weighted by Crippen LogP contribution is 2.25. The van der Waals surface area contributed by atoms with E-state index >= 15 is 0 Å². The van der Waals surface area contributed by atoms with E-state index in [2.05, 4.69) is 42.7 Å². The molecule has 3 rings (SSSR count). The number of amides is 3. The fraction of sp³-hybridized carbons (Fsp3) is 0.619. The molecule has 2 heterocycles. The number of hydrogen-bond acceptors (Lipinski definition) is 3. The second kappa shape index (κ2) is 9.89. The van der Waals surface area contributed by atoms with Crippen molar-refractivity contribution in [3.8, 4) is 5.75 Å². The van der Waals surface area contributed by atoms with Gasteiger partial charge in [0.25, 0.3) is 5.91 Å². The van der Waals surface area contributed by atoms with Crippen LogP contribution in [0.3, 0.4) is 0 Å². The predicted molar refractivity (Wildman–Crippen MR) is 107 cm³/mol. The summed E-state index contributed by atoms with van der Waals surface area (Å²) >= 11 is 0. The molecule has 0 bridgehead atoms. The Morgan fingerprint density at radius 3 is 2.64 bits per heavy atom. The van der Waals surface area contributed by atoms with Crippen molar-refractivity contribution in [2.75, 3.05) is 45.9 Å².